The van der Waals surface area contributed by atoms with Gasteiger partial charge in [0.2, 0.25) is 5.78 Å². The largest absolute Gasteiger partial charge is 0.454 e. The lowest BCUT2D eigenvalue weighted by Gasteiger charge is -2.13. The maximum atomic E-state index is 12.6. The molecule has 154 valence electrons. The molecule has 0 unspecified atom stereocenters. The van der Waals surface area contributed by atoms with Gasteiger partial charge >= 0.3 is 5.97 Å². The lowest BCUT2D eigenvalue weighted by molar-refractivity contribution is 0.0474. The first-order valence-electron chi connectivity index (χ1n) is 9.50. The molecule has 0 atom stereocenters. The van der Waals surface area contributed by atoms with Gasteiger partial charge in [0, 0.05) is 11.3 Å². The third kappa shape index (κ3) is 4.66. The molecule has 1 heterocycles. The average Bonchev–Trinajstić information content (AvgIpc) is 3.28. The Hall–Kier alpha value is -3.25. The maximum absolute atomic E-state index is 12.6. The van der Waals surface area contributed by atoms with Crippen LogP contribution in [0.3, 0.4) is 0 Å². The zero-order chi connectivity index (χ0) is 21.8. The molecule has 2 aromatic carbocycles. The molecule has 0 bridgehead atoms. The Morgan fingerprint density at radius 2 is 1.63 bits per heavy atom. The zero-order valence-electron chi connectivity index (χ0n) is 17.4. The minimum Gasteiger partial charge on any atom is -0.454 e. The van der Waals surface area contributed by atoms with Gasteiger partial charge in [-0.1, -0.05) is 6.07 Å². The van der Waals surface area contributed by atoms with E-state index < -0.39 is 5.97 Å². The van der Waals surface area contributed by atoms with Gasteiger partial charge in [0.25, 0.3) is 5.91 Å². The summed E-state index contributed by atoms with van der Waals surface area (Å²) in [6, 6.07) is 11.8. The molecule has 0 aliphatic rings. The predicted octanol–water partition coefficient (Wildman–Crippen LogP) is 5.27. The van der Waals surface area contributed by atoms with Gasteiger partial charge < -0.3 is 10.1 Å². The van der Waals surface area contributed by atoms with Crippen LogP contribution in [0.4, 0.5) is 5.69 Å². The van der Waals surface area contributed by atoms with Crippen molar-refractivity contribution in [1.29, 1.82) is 0 Å². The van der Waals surface area contributed by atoms with E-state index in [0.717, 1.165) is 22.3 Å². The van der Waals surface area contributed by atoms with Crippen molar-refractivity contribution in [3.63, 3.8) is 0 Å². The Kier molecular flexibility index (Phi) is 6.47. The Morgan fingerprint density at radius 3 is 2.27 bits per heavy atom. The summed E-state index contributed by atoms with van der Waals surface area (Å²) in [6.45, 7) is 7.56. The minimum absolute atomic E-state index is 0.204. The highest BCUT2D eigenvalue weighted by molar-refractivity contribution is 7.12. The number of hydrogen-bond acceptors (Lipinski definition) is 5. The number of benzene rings is 2. The van der Waals surface area contributed by atoms with Crippen molar-refractivity contribution in [2.24, 2.45) is 0 Å². The molecule has 0 aliphatic carbocycles. The molecule has 6 heteroatoms. The second-order valence-electron chi connectivity index (χ2n) is 7.12. The SMILES string of the molecule is Cc1cc(C(=O)COC(=O)c2ccc(NC(=O)c3cccs3)cc2)c(C)c(C)c1C. The number of esters is 1. The molecule has 1 N–H and O–H groups in total. The van der Waals surface area contributed by atoms with Crippen LogP contribution in [-0.2, 0) is 4.74 Å². The number of carbonyl (C=O) groups excluding carboxylic acids is 3. The summed E-state index contributed by atoms with van der Waals surface area (Å²) in [4.78, 5) is 37.6. The van der Waals surface area contributed by atoms with Gasteiger partial charge in [0.1, 0.15) is 0 Å². The second-order valence-corrected chi connectivity index (χ2v) is 8.07. The molecule has 3 aromatic rings. The molecule has 1 amide bonds. The fourth-order valence-corrected chi connectivity index (χ4v) is 3.70. The number of amides is 1. The van der Waals surface area contributed by atoms with Crippen LogP contribution in [0.25, 0.3) is 0 Å². The molecular formula is C24H23NO4S. The molecule has 0 saturated heterocycles. The molecule has 0 saturated carbocycles. The van der Waals surface area contributed by atoms with Crippen molar-refractivity contribution in [1.82, 2.24) is 0 Å². The van der Waals surface area contributed by atoms with Gasteiger partial charge in [-0.2, -0.15) is 0 Å². The van der Waals surface area contributed by atoms with E-state index in [1.165, 1.54) is 11.3 Å². The Morgan fingerprint density at radius 1 is 0.933 bits per heavy atom. The summed E-state index contributed by atoms with van der Waals surface area (Å²) < 4.78 is 5.21. The number of nitrogens with one attached hydrogen (secondary N) is 1. The van der Waals surface area contributed by atoms with Crippen molar-refractivity contribution >= 4 is 34.7 Å². The van der Waals surface area contributed by atoms with E-state index in [1.807, 2.05) is 39.1 Å². The van der Waals surface area contributed by atoms with E-state index in [9.17, 15) is 14.4 Å². The summed E-state index contributed by atoms with van der Waals surface area (Å²) in [5.74, 6) is -1.02. The van der Waals surface area contributed by atoms with Crippen molar-refractivity contribution in [3.8, 4) is 0 Å². The number of hydrogen-bond donors (Lipinski definition) is 1. The zero-order valence-corrected chi connectivity index (χ0v) is 18.2. The van der Waals surface area contributed by atoms with Crippen LogP contribution in [0.1, 0.15) is 52.6 Å². The second kappa shape index (κ2) is 9.05. The number of thiophene rings is 1. The van der Waals surface area contributed by atoms with Crippen LogP contribution >= 0.6 is 11.3 Å². The molecule has 30 heavy (non-hydrogen) atoms. The van der Waals surface area contributed by atoms with Crippen LogP contribution in [0.2, 0.25) is 0 Å². The molecule has 0 radical (unpaired) electrons. The molecular weight excluding hydrogens is 398 g/mol. The van der Waals surface area contributed by atoms with E-state index in [4.69, 9.17) is 4.74 Å². The highest BCUT2D eigenvalue weighted by atomic mass is 32.1. The van der Waals surface area contributed by atoms with E-state index in [2.05, 4.69) is 5.32 Å². The van der Waals surface area contributed by atoms with Gasteiger partial charge in [-0.15, -0.1) is 11.3 Å². The van der Waals surface area contributed by atoms with Crippen LogP contribution in [0.5, 0.6) is 0 Å². The van der Waals surface area contributed by atoms with Gasteiger partial charge in [-0.05, 0) is 91.7 Å². The van der Waals surface area contributed by atoms with Crippen LogP contribution < -0.4 is 5.32 Å². The lowest BCUT2D eigenvalue weighted by Crippen LogP contribution is -2.16. The summed E-state index contributed by atoms with van der Waals surface area (Å²) >= 11 is 1.35. The van der Waals surface area contributed by atoms with Crippen molar-refractivity contribution in [3.05, 3.63) is 86.1 Å². The summed E-state index contributed by atoms with van der Waals surface area (Å²) in [6.07, 6.45) is 0. The third-order valence-electron chi connectivity index (χ3n) is 5.24. The number of Topliss-reactive ketones (excluding diaryl/α,β-unsaturated/α-hetero) is 1. The number of ether oxygens (including phenoxy) is 1. The van der Waals surface area contributed by atoms with E-state index in [-0.39, 0.29) is 18.3 Å². The fourth-order valence-electron chi connectivity index (χ4n) is 3.08. The first kappa shape index (κ1) is 21.5. The van der Waals surface area contributed by atoms with Gasteiger partial charge in [0.05, 0.1) is 10.4 Å². The van der Waals surface area contributed by atoms with Crippen LogP contribution in [0.15, 0.2) is 47.8 Å². The van der Waals surface area contributed by atoms with Gasteiger partial charge in [0.15, 0.2) is 6.61 Å². The van der Waals surface area contributed by atoms with E-state index in [0.29, 0.717) is 21.7 Å². The molecule has 1 aromatic heterocycles. The first-order valence-corrected chi connectivity index (χ1v) is 10.4. The van der Waals surface area contributed by atoms with Gasteiger partial charge in [-0.3, -0.25) is 9.59 Å². The molecule has 0 fully saturated rings. The van der Waals surface area contributed by atoms with Crippen molar-refractivity contribution in [2.45, 2.75) is 27.7 Å². The quantitative estimate of drug-likeness (QED) is 0.434. The van der Waals surface area contributed by atoms with Gasteiger partial charge in [-0.25, -0.2) is 4.79 Å². The highest BCUT2D eigenvalue weighted by Gasteiger charge is 2.17. The van der Waals surface area contributed by atoms with Crippen molar-refractivity contribution < 1.29 is 19.1 Å². The Bertz CT molecular complexity index is 1100. The number of ketones is 1. The number of rotatable bonds is 6. The molecule has 5 nitrogen and oxygen atoms in total. The monoisotopic (exact) mass is 421 g/mol. The fraction of sp³-hybridized carbons (Fsp3) is 0.208. The molecule has 0 aliphatic heterocycles. The standard InChI is InChI=1S/C24H23NO4S/c1-14-12-20(17(4)16(3)15(14)2)21(26)13-29-24(28)18-7-9-19(10-8-18)25-23(27)22-6-5-11-30-22/h5-12H,13H2,1-4H3,(H,25,27). The Balaban J connectivity index is 1.61. The average molecular weight is 422 g/mol. The van der Waals surface area contributed by atoms with Crippen LogP contribution in [-0.4, -0.2) is 24.3 Å². The summed E-state index contributed by atoms with van der Waals surface area (Å²) in [5, 5.41) is 4.60. The van der Waals surface area contributed by atoms with Crippen molar-refractivity contribution in [2.75, 3.05) is 11.9 Å². The topological polar surface area (TPSA) is 72.5 Å². The number of carbonyl (C=O) groups is 3. The third-order valence-corrected chi connectivity index (χ3v) is 6.11. The predicted molar refractivity (Wildman–Crippen MR) is 119 cm³/mol. The molecule has 3 rings (SSSR count). The Labute approximate surface area is 179 Å². The van der Waals surface area contributed by atoms with E-state index in [1.54, 1.807) is 36.4 Å². The highest BCUT2D eigenvalue weighted by Crippen LogP contribution is 2.22. The lowest BCUT2D eigenvalue weighted by atomic mass is 9.93. The number of aryl methyl sites for hydroxylation is 1. The normalized spacial score (nSPS) is 10.5. The summed E-state index contributed by atoms with van der Waals surface area (Å²) in [5.41, 5.74) is 5.64. The minimum atomic E-state index is -0.585. The smallest absolute Gasteiger partial charge is 0.338 e. The first-order chi connectivity index (χ1) is 14.3. The summed E-state index contributed by atoms with van der Waals surface area (Å²) in [7, 11) is 0. The molecule has 0 spiro atoms. The maximum Gasteiger partial charge on any atom is 0.338 e. The van der Waals surface area contributed by atoms with E-state index >= 15 is 0 Å². The van der Waals surface area contributed by atoms with Crippen LogP contribution in [0, 0.1) is 27.7 Å². The number of anilines is 1.